The maximum Gasteiger partial charge on any atom is 0.153 e. The minimum absolute atomic E-state index is 0.0712. The number of aliphatic hydroxyl groups excluding tert-OH is 1. The summed E-state index contributed by atoms with van der Waals surface area (Å²) < 4.78 is 5.69. The molecule has 1 heterocycles. The SMILES string of the molecule is CC1(C)Oc2cc(CO)ccc2S1. The molecule has 0 aliphatic carbocycles. The van der Waals surface area contributed by atoms with Gasteiger partial charge < -0.3 is 9.84 Å². The number of hydrogen-bond acceptors (Lipinski definition) is 3. The first-order chi connectivity index (χ1) is 6.11. The van der Waals surface area contributed by atoms with Gasteiger partial charge in [0.1, 0.15) is 5.75 Å². The molecule has 13 heavy (non-hydrogen) atoms. The lowest BCUT2D eigenvalue weighted by Gasteiger charge is -2.15. The van der Waals surface area contributed by atoms with Crippen LogP contribution in [0.25, 0.3) is 0 Å². The number of thioether (sulfide) groups is 1. The summed E-state index contributed by atoms with van der Waals surface area (Å²) in [5, 5.41) is 8.94. The second-order valence-corrected chi connectivity index (χ2v) is 5.17. The third kappa shape index (κ3) is 1.67. The lowest BCUT2D eigenvalue weighted by molar-refractivity contribution is 0.213. The van der Waals surface area contributed by atoms with Crippen LogP contribution in [0.4, 0.5) is 0 Å². The van der Waals surface area contributed by atoms with Crippen LogP contribution >= 0.6 is 11.8 Å². The molecule has 2 nitrogen and oxygen atoms in total. The van der Waals surface area contributed by atoms with Crippen LogP contribution in [0.2, 0.25) is 0 Å². The predicted octanol–water partition coefficient (Wildman–Crippen LogP) is 2.40. The van der Waals surface area contributed by atoms with E-state index in [1.54, 1.807) is 11.8 Å². The highest BCUT2D eigenvalue weighted by atomic mass is 32.2. The fourth-order valence-electron chi connectivity index (χ4n) is 1.37. The zero-order chi connectivity index (χ0) is 9.47. The fraction of sp³-hybridized carbons (Fsp3) is 0.400. The molecular weight excluding hydrogens is 184 g/mol. The smallest absolute Gasteiger partial charge is 0.153 e. The topological polar surface area (TPSA) is 29.5 Å². The van der Waals surface area contributed by atoms with Gasteiger partial charge in [0.15, 0.2) is 4.93 Å². The number of rotatable bonds is 1. The van der Waals surface area contributed by atoms with Crippen molar-refractivity contribution in [2.24, 2.45) is 0 Å². The Morgan fingerprint density at radius 2 is 2.23 bits per heavy atom. The maximum atomic E-state index is 8.94. The highest BCUT2D eigenvalue weighted by Gasteiger charge is 2.30. The van der Waals surface area contributed by atoms with E-state index in [2.05, 4.69) is 0 Å². The van der Waals surface area contributed by atoms with Crippen molar-refractivity contribution in [3.05, 3.63) is 23.8 Å². The Hall–Kier alpha value is -0.670. The molecule has 1 N–H and O–H groups in total. The van der Waals surface area contributed by atoms with E-state index in [9.17, 15) is 0 Å². The summed E-state index contributed by atoms with van der Waals surface area (Å²) in [6.07, 6.45) is 0. The van der Waals surface area contributed by atoms with Gasteiger partial charge in [0.25, 0.3) is 0 Å². The van der Waals surface area contributed by atoms with Crippen molar-refractivity contribution in [3.8, 4) is 5.75 Å². The largest absolute Gasteiger partial charge is 0.476 e. The third-order valence-electron chi connectivity index (χ3n) is 1.90. The van der Waals surface area contributed by atoms with Gasteiger partial charge in [0.2, 0.25) is 0 Å². The Balaban J connectivity index is 2.36. The molecule has 1 aliphatic rings. The molecule has 0 saturated carbocycles. The average molecular weight is 196 g/mol. The molecule has 0 spiro atoms. The van der Waals surface area contributed by atoms with Gasteiger partial charge in [-0.3, -0.25) is 0 Å². The first-order valence-electron chi connectivity index (χ1n) is 4.22. The molecule has 0 amide bonds. The summed E-state index contributed by atoms with van der Waals surface area (Å²) >= 11 is 1.71. The van der Waals surface area contributed by atoms with E-state index in [-0.39, 0.29) is 11.5 Å². The minimum atomic E-state index is -0.170. The van der Waals surface area contributed by atoms with Gasteiger partial charge >= 0.3 is 0 Å². The maximum absolute atomic E-state index is 8.94. The zero-order valence-electron chi connectivity index (χ0n) is 7.70. The van der Waals surface area contributed by atoms with E-state index in [4.69, 9.17) is 9.84 Å². The van der Waals surface area contributed by atoms with Crippen molar-refractivity contribution < 1.29 is 9.84 Å². The van der Waals surface area contributed by atoms with E-state index in [0.29, 0.717) is 0 Å². The molecule has 0 saturated heterocycles. The van der Waals surface area contributed by atoms with Gasteiger partial charge in [0.05, 0.1) is 11.5 Å². The number of fused-ring (bicyclic) bond motifs is 1. The van der Waals surface area contributed by atoms with Gasteiger partial charge in [-0.25, -0.2) is 0 Å². The molecular formula is C10H12O2S. The van der Waals surface area contributed by atoms with Gasteiger partial charge in [-0.15, -0.1) is 0 Å². The highest BCUT2D eigenvalue weighted by molar-refractivity contribution is 8.00. The molecule has 0 unspecified atom stereocenters. The molecule has 1 aliphatic heterocycles. The molecule has 1 aromatic rings. The molecule has 2 rings (SSSR count). The highest BCUT2D eigenvalue weighted by Crippen LogP contribution is 2.47. The molecule has 0 fully saturated rings. The van der Waals surface area contributed by atoms with Crippen LogP contribution in [0.1, 0.15) is 19.4 Å². The van der Waals surface area contributed by atoms with Crippen LogP contribution in [0, 0.1) is 0 Å². The molecule has 3 heteroatoms. The van der Waals surface area contributed by atoms with Crippen molar-refractivity contribution in [2.45, 2.75) is 30.3 Å². The van der Waals surface area contributed by atoms with E-state index in [1.165, 1.54) is 0 Å². The van der Waals surface area contributed by atoms with Gasteiger partial charge in [0, 0.05) is 0 Å². The Bertz CT molecular complexity index is 334. The second-order valence-electron chi connectivity index (χ2n) is 3.54. The van der Waals surface area contributed by atoms with Crippen LogP contribution in [-0.4, -0.2) is 10.0 Å². The normalized spacial score (nSPS) is 18.1. The Labute approximate surface area is 81.9 Å². The van der Waals surface area contributed by atoms with Crippen molar-refractivity contribution in [3.63, 3.8) is 0 Å². The van der Waals surface area contributed by atoms with E-state index in [1.807, 2.05) is 32.0 Å². The summed E-state index contributed by atoms with van der Waals surface area (Å²) in [7, 11) is 0. The quantitative estimate of drug-likeness (QED) is 0.748. The standard InChI is InChI=1S/C10H12O2S/c1-10(2)12-8-5-7(6-11)3-4-9(8)13-10/h3-5,11H,6H2,1-2H3. The minimum Gasteiger partial charge on any atom is -0.476 e. The summed E-state index contributed by atoms with van der Waals surface area (Å²) in [5.74, 6) is 0.890. The second kappa shape index (κ2) is 2.93. The number of aliphatic hydroxyl groups is 1. The summed E-state index contributed by atoms with van der Waals surface area (Å²) in [5.41, 5.74) is 0.900. The number of benzene rings is 1. The van der Waals surface area contributed by atoms with Crippen molar-refractivity contribution in [1.29, 1.82) is 0 Å². The first-order valence-corrected chi connectivity index (χ1v) is 5.04. The van der Waals surface area contributed by atoms with Crippen LogP contribution in [0.15, 0.2) is 23.1 Å². The molecule has 0 bridgehead atoms. The lowest BCUT2D eigenvalue weighted by atomic mass is 10.2. The average Bonchev–Trinajstić information content (AvgIpc) is 2.36. The van der Waals surface area contributed by atoms with E-state index < -0.39 is 0 Å². The van der Waals surface area contributed by atoms with E-state index in [0.717, 1.165) is 16.2 Å². The van der Waals surface area contributed by atoms with Crippen LogP contribution in [-0.2, 0) is 6.61 Å². The van der Waals surface area contributed by atoms with Crippen molar-refractivity contribution in [1.82, 2.24) is 0 Å². The van der Waals surface area contributed by atoms with E-state index >= 15 is 0 Å². The Kier molecular flexibility index (Phi) is 2.00. The monoisotopic (exact) mass is 196 g/mol. The Morgan fingerprint density at radius 1 is 1.46 bits per heavy atom. The molecule has 0 atom stereocenters. The van der Waals surface area contributed by atoms with Crippen LogP contribution < -0.4 is 4.74 Å². The zero-order valence-corrected chi connectivity index (χ0v) is 8.52. The molecule has 70 valence electrons. The third-order valence-corrected chi connectivity index (χ3v) is 3.03. The lowest BCUT2D eigenvalue weighted by Crippen LogP contribution is -2.18. The van der Waals surface area contributed by atoms with Gasteiger partial charge in [-0.2, -0.15) is 0 Å². The van der Waals surface area contributed by atoms with Crippen molar-refractivity contribution >= 4 is 11.8 Å². The van der Waals surface area contributed by atoms with Gasteiger partial charge in [-0.05, 0) is 31.5 Å². The summed E-state index contributed by atoms with van der Waals surface area (Å²) in [6.45, 7) is 4.15. The van der Waals surface area contributed by atoms with Crippen LogP contribution in [0.5, 0.6) is 5.75 Å². The Morgan fingerprint density at radius 3 is 2.92 bits per heavy atom. The summed E-state index contributed by atoms with van der Waals surface area (Å²) in [6, 6.07) is 5.83. The predicted molar refractivity (Wildman–Crippen MR) is 52.9 cm³/mol. The van der Waals surface area contributed by atoms with Gasteiger partial charge in [-0.1, -0.05) is 17.8 Å². The molecule has 0 radical (unpaired) electrons. The van der Waals surface area contributed by atoms with Crippen molar-refractivity contribution in [2.75, 3.05) is 0 Å². The number of ether oxygens (including phenoxy) is 1. The fourth-order valence-corrected chi connectivity index (χ4v) is 2.36. The molecule has 1 aromatic carbocycles. The first kappa shape index (κ1) is 8.91. The molecule has 0 aromatic heterocycles. The van der Waals surface area contributed by atoms with Crippen LogP contribution in [0.3, 0.4) is 0 Å². The number of hydrogen-bond donors (Lipinski definition) is 1. The summed E-state index contributed by atoms with van der Waals surface area (Å²) in [4.78, 5) is 0.985.